The highest BCUT2D eigenvalue weighted by Gasteiger charge is 2.21. The number of thiazole rings is 1. The van der Waals surface area contributed by atoms with E-state index >= 15 is 0 Å². The molecule has 1 aliphatic rings. The Balaban J connectivity index is 1.41. The van der Waals surface area contributed by atoms with Crippen LogP contribution in [0.5, 0.6) is 0 Å². The molecule has 0 aliphatic carbocycles. The Labute approximate surface area is 209 Å². The van der Waals surface area contributed by atoms with Crippen LogP contribution >= 0.6 is 34.7 Å². The Kier molecular flexibility index (Phi) is 9.03. The average Bonchev–Trinajstić information content (AvgIpc) is 3.25. The lowest BCUT2D eigenvalue weighted by atomic mass is 10.2. The first-order chi connectivity index (χ1) is 16.1. The minimum absolute atomic E-state index is 0.147. The van der Waals surface area contributed by atoms with E-state index < -0.39 is 0 Å². The first kappa shape index (κ1) is 24.5. The fraction of sp³-hybridized carbons (Fsp3) is 0.440. The maximum Gasteiger partial charge on any atom is 0.228 e. The molecule has 4 rings (SSSR count). The van der Waals surface area contributed by atoms with Crippen LogP contribution in [-0.4, -0.2) is 60.9 Å². The van der Waals surface area contributed by atoms with E-state index in [9.17, 15) is 4.79 Å². The summed E-state index contributed by atoms with van der Waals surface area (Å²) in [6.07, 6.45) is 2.28. The van der Waals surface area contributed by atoms with E-state index in [1.54, 1.807) is 23.1 Å². The second-order valence-electron chi connectivity index (χ2n) is 8.18. The Morgan fingerprint density at radius 2 is 2.00 bits per heavy atom. The molecule has 0 atom stereocenters. The van der Waals surface area contributed by atoms with Crippen molar-refractivity contribution in [3.63, 3.8) is 0 Å². The van der Waals surface area contributed by atoms with Gasteiger partial charge in [-0.3, -0.25) is 14.6 Å². The van der Waals surface area contributed by atoms with Crippen molar-refractivity contribution < 1.29 is 9.53 Å². The van der Waals surface area contributed by atoms with Crippen molar-refractivity contribution in [3.8, 4) is 0 Å². The molecule has 0 radical (unpaired) electrons. The molecule has 1 aromatic heterocycles. The zero-order chi connectivity index (χ0) is 23.0. The van der Waals surface area contributed by atoms with Crippen molar-refractivity contribution in [2.45, 2.75) is 31.1 Å². The molecular weight excluding hydrogens is 474 g/mol. The fourth-order valence-corrected chi connectivity index (χ4v) is 6.26. The molecule has 8 heteroatoms. The topological polar surface area (TPSA) is 45.7 Å². The van der Waals surface area contributed by atoms with E-state index in [1.807, 2.05) is 42.2 Å². The number of thioether (sulfide) groups is 1. The van der Waals surface area contributed by atoms with E-state index in [4.69, 9.17) is 21.3 Å². The standard InChI is InChI=1S/C25H30ClN3O2S2/c1-19-17-20(26)18-22-24(19)27-25(33-22)29(11-6-10-28-12-14-31-15-13-28)23(30)9-5-16-32-21-7-3-2-4-8-21/h2-4,7-8,17-18H,5-6,9-16H2,1H3. The van der Waals surface area contributed by atoms with E-state index in [0.717, 1.165) is 72.4 Å². The van der Waals surface area contributed by atoms with E-state index in [-0.39, 0.29) is 5.91 Å². The Bertz CT molecular complexity index is 1050. The molecule has 0 unspecified atom stereocenters. The number of hydrogen-bond acceptors (Lipinski definition) is 6. The molecule has 3 aromatic rings. The van der Waals surface area contributed by atoms with Crippen molar-refractivity contribution >= 4 is 56.0 Å². The molecule has 0 N–H and O–H groups in total. The lowest BCUT2D eigenvalue weighted by Gasteiger charge is -2.27. The number of anilines is 1. The number of morpholine rings is 1. The van der Waals surface area contributed by atoms with Gasteiger partial charge in [0.05, 0.1) is 23.4 Å². The van der Waals surface area contributed by atoms with Gasteiger partial charge in [-0.2, -0.15) is 0 Å². The van der Waals surface area contributed by atoms with Gasteiger partial charge in [0.25, 0.3) is 0 Å². The van der Waals surface area contributed by atoms with Gasteiger partial charge in [-0.05, 0) is 55.3 Å². The third kappa shape index (κ3) is 6.93. The van der Waals surface area contributed by atoms with E-state index in [1.165, 1.54) is 4.90 Å². The number of fused-ring (bicyclic) bond motifs is 1. The van der Waals surface area contributed by atoms with Crippen molar-refractivity contribution in [3.05, 3.63) is 53.1 Å². The molecule has 0 saturated carbocycles. The zero-order valence-electron chi connectivity index (χ0n) is 19.0. The molecule has 0 bridgehead atoms. The summed E-state index contributed by atoms with van der Waals surface area (Å²) in [5, 5.41) is 1.48. The molecule has 1 amide bonds. The van der Waals surface area contributed by atoms with Gasteiger partial charge < -0.3 is 4.74 Å². The molecule has 1 aliphatic heterocycles. The van der Waals surface area contributed by atoms with Crippen LogP contribution in [0.1, 0.15) is 24.8 Å². The number of ether oxygens (including phenoxy) is 1. The summed E-state index contributed by atoms with van der Waals surface area (Å²) in [5.41, 5.74) is 1.98. The number of hydrogen-bond donors (Lipinski definition) is 0. The van der Waals surface area contributed by atoms with Gasteiger partial charge in [-0.25, -0.2) is 4.98 Å². The van der Waals surface area contributed by atoms with Gasteiger partial charge in [0.15, 0.2) is 5.13 Å². The average molecular weight is 504 g/mol. The number of carbonyl (C=O) groups is 1. The molecule has 176 valence electrons. The second-order valence-corrected chi connectivity index (χ2v) is 10.8. The van der Waals surface area contributed by atoms with Gasteiger partial charge in [-0.15, -0.1) is 11.8 Å². The summed E-state index contributed by atoms with van der Waals surface area (Å²) in [5.74, 6) is 1.07. The minimum Gasteiger partial charge on any atom is -0.379 e. The number of halogens is 1. The van der Waals surface area contributed by atoms with Crippen LogP contribution < -0.4 is 4.90 Å². The van der Waals surface area contributed by atoms with Gasteiger partial charge in [0.2, 0.25) is 5.91 Å². The summed E-state index contributed by atoms with van der Waals surface area (Å²) < 4.78 is 6.48. The van der Waals surface area contributed by atoms with Crippen molar-refractivity contribution in [2.75, 3.05) is 50.0 Å². The van der Waals surface area contributed by atoms with Crippen LogP contribution in [0.2, 0.25) is 5.02 Å². The molecule has 33 heavy (non-hydrogen) atoms. The largest absolute Gasteiger partial charge is 0.379 e. The van der Waals surface area contributed by atoms with Crippen LogP contribution in [0.15, 0.2) is 47.4 Å². The van der Waals surface area contributed by atoms with Gasteiger partial charge >= 0.3 is 0 Å². The quantitative estimate of drug-likeness (QED) is 0.255. The van der Waals surface area contributed by atoms with Gasteiger partial charge in [-0.1, -0.05) is 41.1 Å². The summed E-state index contributed by atoms with van der Waals surface area (Å²) >= 11 is 9.61. The number of rotatable bonds is 10. The predicted octanol–water partition coefficient (Wildman–Crippen LogP) is 5.89. The Morgan fingerprint density at radius 3 is 2.79 bits per heavy atom. The molecule has 5 nitrogen and oxygen atoms in total. The molecule has 2 heterocycles. The summed E-state index contributed by atoms with van der Waals surface area (Å²) in [6, 6.07) is 14.2. The number of benzene rings is 2. The monoisotopic (exact) mass is 503 g/mol. The number of aromatic nitrogens is 1. The highest BCUT2D eigenvalue weighted by molar-refractivity contribution is 7.99. The number of amides is 1. The molecule has 1 fully saturated rings. The fourth-order valence-electron chi connectivity index (χ4n) is 3.93. The Morgan fingerprint density at radius 1 is 1.21 bits per heavy atom. The van der Waals surface area contributed by atoms with Crippen molar-refractivity contribution in [1.29, 1.82) is 0 Å². The van der Waals surface area contributed by atoms with E-state index in [0.29, 0.717) is 18.0 Å². The van der Waals surface area contributed by atoms with Crippen LogP contribution in [-0.2, 0) is 9.53 Å². The third-order valence-electron chi connectivity index (χ3n) is 5.68. The Hall–Kier alpha value is -1.64. The van der Waals surface area contributed by atoms with E-state index in [2.05, 4.69) is 17.0 Å². The summed E-state index contributed by atoms with van der Waals surface area (Å²) in [7, 11) is 0. The second kappa shape index (κ2) is 12.2. The SMILES string of the molecule is Cc1cc(Cl)cc2sc(N(CCCN3CCOCC3)C(=O)CCCSc3ccccc3)nc12. The van der Waals surface area contributed by atoms with Crippen LogP contribution in [0, 0.1) is 6.92 Å². The zero-order valence-corrected chi connectivity index (χ0v) is 21.4. The maximum absolute atomic E-state index is 13.3. The number of carbonyl (C=O) groups excluding carboxylic acids is 1. The maximum atomic E-state index is 13.3. The van der Waals surface area contributed by atoms with Crippen LogP contribution in [0.3, 0.4) is 0 Å². The first-order valence-corrected chi connectivity index (χ1v) is 13.6. The third-order valence-corrected chi connectivity index (χ3v) is 8.02. The smallest absolute Gasteiger partial charge is 0.228 e. The molecule has 1 saturated heterocycles. The lowest BCUT2D eigenvalue weighted by Crippen LogP contribution is -2.39. The minimum atomic E-state index is 0.147. The van der Waals surface area contributed by atoms with Gasteiger partial charge in [0.1, 0.15) is 0 Å². The highest BCUT2D eigenvalue weighted by atomic mass is 35.5. The molecule has 0 spiro atoms. The number of nitrogens with zero attached hydrogens (tertiary/aromatic N) is 3. The van der Waals surface area contributed by atoms with Crippen LogP contribution in [0.4, 0.5) is 5.13 Å². The van der Waals surface area contributed by atoms with Crippen LogP contribution in [0.25, 0.3) is 10.2 Å². The first-order valence-electron chi connectivity index (χ1n) is 11.4. The highest BCUT2D eigenvalue weighted by Crippen LogP contribution is 2.33. The normalized spacial score (nSPS) is 14.6. The lowest BCUT2D eigenvalue weighted by molar-refractivity contribution is -0.118. The van der Waals surface area contributed by atoms with Gasteiger partial charge in [0, 0.05) is 42.5 Å². The number of aryl methyl sites for hydroxylation is 1. The molecular formula is C25H30ClN3O2S2. The molecule has 2 aromatic carbocycles. The predicted molar refractivity (Wildman–Crippen MR) is 140 cm³/mol. The summed E-state index contributed by atoms with van der Waals surface area (Å²) in [4.78, 5) is 23.7. The van der Waals surface area contributed by atoms with Crippen molar-refractivity contribution in [1.82, 2.24) is 9.88 Å². The summed E-state index contributed by atoms with van der Waals surface area (Å²) in [6.45, 7) is 7.16. The van der Waals surface area contributed by atoms with Crippen molar-refractivity contribution in [2.24, 2.45) is 0 Å².